The number of allylic oxidation sites excluding steroid dienone is 1. The Morgan fingerprint density at radius 2 is 1.88 bits per heavy atom. The minimum atomic E-state index is 0.0576. The van der Waals surface area contributed by atoms with Crippen LogP contribution in [0, 0.1) is 0 Å². The molecule has 86 valence electrons. The van der Waals surface area contributed by atoms with Crippen LogP contribution in [0.25, 0.3) is 5.57 Å². The van der Waals surface area contributed by atoms with Crippen LogP contribution in [0.3, 0.4) is 0 Å². The number of rotatable bonds is 1. The molecular weight excluding hydrogens is 194 g/mol. The van der Waals surface area contributed by atoms with E-state index in [1.54, 1.807) is 0 Å². The number of para-hydroxylation sites is 1. The Balaban J connectivity index is 2.61. The summed E-state index contributed by atoms with van der Waals surface area (Å²) < 4.78 is 0. The summed E-state index contributed by atoms with van der Waals surface area (Å²) in [5, 5.41) is 3.64. The second-order valence-corrected chi connectivity index (χ2v) is 5.60. The fraction of sp³-hybridized carbons (Fsp3) is 0.467. The van der Waals surface area contributed by atoms with E-state index in [1.165, 1.54) is 22.4 Å². The van der Waals surface area contributed by atoms with Gasteiger partial charge in [-0.1, -0.05) is 38.1 Å². The molecule has 0 radical (unpaired) electrons. The summed E-state index contributed by atoms with van der Waals surface area (Å²) in [7, 11) is 0. The molecule has 0 spiro atoms. The number of anilines is 1. The summed E-state index contributed by atoms with van der Waals surface area (Å²) >= 11 is 0. The molecule has 16 heavy (non-hydrogen) atoms. The van der Waals surface area contributed by atoms with Crippen LogP contribution in [0.5, 0.6) is 0 Å². The van der Waals surface area contributed by atoms with Crippen LogP contribution in [0.2, 0.25) is 0 Å². The Labute approximate surface area is 98.6 Å². The third kappa shape index (κ3) is 1.87. The van der Waals surface area contributed by atoms with Gasteiger partial charge in [-0.15, -0.1) is 0 Å². The third-order valence-electron chi connectivity index (χ3n) is 3.17. The average molecular weight is 215 g/mol. The number of nitrogens with one attached hydrogen (secondary N) is 1. The lowest BCUT2D eigenvalue weighted by Crippen LogP contribution is -2.32. The monoisotopic (exact) mass is 215 g/mol. The molecule has 0 aromatic heterocycles. The first-order valence-electron chi connectivity index (χ1n) is 6.01. The predicted octanol–water partition coefficient (Wildman–Crippen LogP) is 4.42. The van der Waals surface area contributed by atoms with E-state index >= 15 is 0 Å². The highest BCUT2D eigenvalue weighted by molar-refractivity contribution is 5.82. The molecule has 1 heterocycles. The smallest absolute Gasteiger partial charge is 0.0506 e. The molecule has 0 atom stereocenters. The van der Waals surface area contributed by atoms with Crippen molar-refractivity contribution >= 4 is 11.3 Å². The first kappa shape index (κ1) is 11.3. The Bertz CT molecular complexity index is 439. The molecule has 1 aromatic carbocycles. The van der Waals surface area contributed by atoms with E-state index < -0.39 is 0 Å². The van der Waals surface area contributed by atoms with Gasteiger partial charge in [-0.05, 0) is 37.8 Å². The minimum absolute atomic E-state index is 0.0576. The first-order chi connectivity index (χ1) is 7.41. The lowest BCUT2D eigenvalue weighted by atomic mass is 9.87. The molecule has 0 bridgehead atoms. The molecule has 1 aliphatic heterocycles. The maximum absolute atomic E-state index is 3.64. The normalized spacial score (nSPS) is 17.8. The van der Waals surface area contributed by atoms with Crippen molar-refractivity contribution in [3.63, 3.8) is 0 Å². The lowest BCUT2D eigenvalue weighted by Gasteiger charge is -2.33. The number of fused-ring (bicyclic) bond motifs is 1. The summed E-state index contributed by atoms with van der Waals surface area (Å²) in [4.78, 5) is 0. The molecule has 0 unspecified atom stereocenters. The lowest BCUT2D eigenvalue weighted by molar-refractivity contribution is 0.702. The van der Waals surface area contributed by atoms with E-state index in [9.17, 15) is 0 Å². The Kier molecular flexibility index (Phi) is 2.57. The molecule has 0 fully saturated rings. The van der Waals surface area contributed by atoms with Crippen molar-refractivity contribution in [3.8, 4) is 0 Å². The van der Waals surface area contributed by atoms with Gasteiger partial charge < -0.3 is 5.32 Å². The van der Waals surface area contributed by atoms with Crippen LogP contribution < -0.4 is 5.32 Å². The molecular formula is C15H21N. The van der Waals surface area contributed by atoms with Crippen molar-refractivity contribution < 1.29 is 0 Å². The van der Waals surface area contributed by atoms with Crippen molar-refractivity contribution in [2.45, 2.75) is 46.1 Å². The van der Waals surface area contributed by atoms with Gasteiger partial charge in [0.15, 0.2) is 0 Å². The van der Waals surface area contributed by atoms with Gasteiger partial charge in [0.1, 0.15) is 0 Å². The molecule has 0 saturated carbocycles. The molecule has 1 nitrogen and oxygen atoms in total. The average Bonchev–Trinajstić information content (AvgIpc) is 2.14. The van der Waals surface area contributed by atoms with E-state index in [0.717, 1.165) is 0 Å². The zero-order chi connectivity index (χ0) is 11.9. The highest BCUT2D eigenvalue weighted by atomic mass is 15.0. The van der Waals surface area contributed by atoms with Crippen molar-refractivity contribution in [2.24, 2.45) is 0 Å². The Hall–Kier alpha value is -1.24. The summed E-state index contributed by atoms with van der Waals surface area (Å²) in [6.45, 7) is 11.1. The van der Waals surface area contributed by atoms with Gasteiger partial charge in [-0.25, -0.2) is 0 Å². The molecule has 1 aromatic rings. The van der Waals surface area contributed by atoms with Crippen molar-refractivity contribution in [3.05, 3.63) is 35.4 Å². The van der Waals surface area contributed by atoms with Gasteiger partial charge in [-0.3, -0.25) is 0 Å². The summed E-state index contributed by atoms with van der Waals surface area (Å²) in [5.41, 5.74) is 5.52. The van der Waals surface area contributed by atoms with Gasteiger partial charge in [0.2, 0.25) is 0 Å². The van der Waals surface area contributed by atoms with E-state index in [-0.39, 0.29) is 5.54 Å². The van der Waals surface area contributed by atoms with Gasteiger partial charge in [0, 0.05) is 11.3 Å². The maximum Gasteiger partial charge on any atom is 0.0506 e. The van der Waals surface area contributed by atoms with Crippen LogP contribution in [0.15, 0.2) is 24.3 Å². The Morgan fingerprint density at radius 1 is 1.19 bits per heavy atom. The summed E-state index contributed by atoms with van der Waals surface area (Å²) in [6, 6.07) is 6.59. The maximum atomic E-state index is 3.64. The van der Waals surface area contributed by atoms with Crippen LogP contribution in [-0.4, -0.2) is 5.54 Å². The van der Waals surface area contributed by atoms with Crippen molar-refractivity contribution in [1.82, 2.24) is 0 Å². The summed E-state index contributed by atoms with van der Waals surface area (Å²) in [6.07, 6.45) is 2.31. The number of hydrogen-bond donors (Lipinski definition) is 1. The van der Waals surface area contributed by atoms with Crippen LogP contribution in [-0.2, 0) is 0 Å². The minimum Gasteiger partial charge on any atom is -0.376 e. The number of hydrogen-bond acceptors (Lipinski definition) is 1. The van der Waals surface area contributed by atoms with E-state index in [2.05, 4.69) is 64.2 Å². The quantitative estimate of drug-likeness (QED) is 0.731. The highest BCUT2D eigenvalue weighted by Crippen LogP contribution is 2.38. The van der Waals surface area contributed by atoms with Crippen molar-refractivity contribution in [1.29, 1.82) is 0 Å². The molecule has 0 saturated heterocycles. The van der Waals surface area contributed by atoms with E-state index in [0.29, 0.717) is 5.92 Å². The number of benzene rings is 1. The molecule has 0 amide bonds. The van der Waals surface area contributed by atoms with Gasteiger partial charge >= 0.3 is 0 Å². The van der Waals surface area contributed by atoms with Gasteiger partial charge in [0.05, 0.1) is 5.54 Å². The molecule has 1 heteroatoms. The first-order valence-corrected chi connectivity index (χ1v) is 6.01. The predicted molar refractivity (Wildman–Crippen MR) is 71.9 cm³/mol. The second kappa shape index (κ2) is 3.65. The fourth-order valence-electron chi connectivity index (χ4n) is 2.50. The molecule has 2 rings (SSSR count). The fourth-order valence-corrected chi connectivity index (χ4v) is 2.50. The summed E-state index contributed by atoms with van der Waals surface area (Å²) in [5.74, 6) is 0.559. The zero-order valence-electron chi connectivity index (χ0n) is 10.9. The van der Waals surface area contributed by atoms with Gasteiger partial charge in [0.25, 0.3) is 0 Å². The topological polar surface area (TPSA) is 12.0 Å². The molecule has 1 aliphatic rings. The molecule has 1 N–H and O–H groups in total. The van der Waals surface area contributed by atoms with Gasteiger partial charge in [-0.2, -0.15) is 0 Å². The second-order valence-electron chi connectivity index (χ2n) is 5.60. The third-order valence-corrected chi connectivity index (χ3v) is 3.17. The van der Waals surface area contributed by atoms with Crippen LogP contribution in [0.1, 0.15) is 51.7 Å². The van der Waals surface area contributed by atoms with Crippen LogP contribution in [0.4, 0.5) is 5.69 Å². The Morgan fingerprint density at radius 3 is 2.50 bits per heavy atom. The largest absolute Gasteiger partial charge is 0.376 e. The van der Waals surface area contributed by atoms with E-state index in [1.807, 2.05) is 0 Å². The van der Waals surface area contributed by atoms with Crippen molar-refractivity contribution in [2.75, 3.05) is 5.32 Å². The standard InChI is InChI=1S/C15H21N/c1-10(2)12-7-6-8-13-11(3)9-15(4,5)16-14(12)13/h6-10,16H,1-5H3. The zero-order valence-corrected chi connectivity index (χ0v) is 10.9. The SMILES string of the molecule is CC1=CC(C)(C)Nc2c1cccc2C(C)C. The highest BCUT2D eigenvalue weighted by Gasteiger charge is 2.24. The van der Waals surface area contributed by atoms with Crippen LogP contribution >= 0.6 is 0 Å². The van der Waals surface area contributed by atoms with E-state index in [4.69, 9.17) is 0 Å². The molecule has 0 aliphatic carbocycles.